The van der Waals surface area contributed by atoms with Crippen LogP contribution in [0.5, 0.6) is 0 Å². The van der Waals surface area contributed by atoms with Crippen molar-refractivity contribution in [1.29, 1.82) is 0 Å². The standard InChI is InChI=1S/C19H29NO2/c1-14(2)12-19(22)18-8-10-20(11-9-18)13-16-4-6-17(7-5-16)15(3)21/h4-7,14,18-19,22H,8-13H2,1-3H3/t19-/m1/s1. The molecule has 122 valence electrons. The van der Waals surface area contributed by atoms with Crippen LogP contribution in [0.2, 0.25) is 0 Å². The van der Waals surface area contributed by atoms with Crippen molar-refractivity contribution in [3.8, 4) is 0 Å². The van der Waals surface area contributed by atoms with Gasteiger partial charge in [0.25, 0.3) is 0 Å². The third-order valence-electron chi connectivity index (χ3n) is 4.66. The number of nitrogens with zero attached hydrogens (tertiary/aromatic N) is 1. The Morgan fingerprint density at radius 1 is 1.23 bits per heavy atom. The number of ketones is 1. The molecule has 1 aromatic rings. The highest BCUT2D eigenvalue weighted by molar-refractivity contribution is 5.93. The molecular weight excluding hydrogens is 274 g/mol. The van der Waals surface area contributed by atoms with E-state index < -0.39 is 0 Å². The molecule has 22 heavy (non-hydrogen) atoms. The van der Waals surface area contributed by atoms with E-state index in [1.54, 1.807) is 6.92 Å². The predicted octanol–water partition coefficient (Wildman–Crippen LogP) is 3.51. The normalized spacial score (nSPS) is 18.6. The maximum Gasteiger partial charge on any atom is 0.159 e. The summed E-state index contributed by atoms with van der Waals surface area (Å²) < 4.78 is 0. The highest BCUT2D eigenvalue weighted by Gasteiger charge is 2.25. The van der Waals surface area contributed by atoms with Crippen molar-refractivity contribution in [3.05, 3.63) is 35.4 Å². The quantitative estimate of drug-likeness (QED) is 0.818. The number of hydrogen-bond acceptors (Lipinski definition) is 3. The number of aliphatic hydroxyl groups is 1. The van der Waals surface area contributed by atoms with Gasteiger partial charge in [0.05, 0.1) is 6.10 Å². The highest BCUT2D eigenvalue weighted by Crippen LogP contribution is 2.25. The second kappa shape index (κ2) is 7.89. The van der Waals surface area contributed by atoms with Crippen LogP contribution in [0.4, 0.5) is 0 Å². The number of Topliss-reactive ketones (excluding diaryl/α,β-unsaturated/α-hetero) is 1. The third-order valence-corrected chi connectivity index (χ3v) is 4.66. The molecule has 0 aromatic heterocycles. The van der Waals surface area contributed by atoms with Gasteiger partial charge in [-0.3, -0.25) is 9.69 Å². The summed E-state index contributed by atoms with van der Waals surface area (Å²) in [5.74, 6) is 1.14. The molecule has 1 saturated heterocycles. The van der Waals surface area contributed by atoms with Gasteiger partial charge in [0.2, 0.25) is 0 Å². The van der Waals surface area contributed by atoms with Crippen molar-refractivity contribution in [2.45, 2.75) is 52.7 Å². The molecule has 0 saturated carbocycles. The zero-order chi connectivity index (χ0) is 16.1. The third kappa shape index (κ3) is 4.92. The number of carbonyl (C=O) groups is 1. The molecule has 0 spiro atoms. The van der Waals surface area contributed by atoms with Crippen molar-refractivity contribution in [3.63, 3.8) is 0 Å². The summed E-state index contributed by atoms with van der Waals surface area (Å²) in [5, 5.41) is 10.3. The first kappa shape index (κ1) is 17.2. The molecule has 0 aliphatic carbocycles. The summed E-state index contributed by atoms with van der Waals surface area (Å²) in [6.07, 6.45) is 2.94. The maximum atomic E-state index is 11.3. The molecule has 1 heterocycles. The van der Waals surface area contributed by atoms with Crippen LogP contribution in [0.3, 0.4) is 0 Å². The lowest BCUT2D eigenvalue weighted by molar-refractivity contribution is 0.0436. The molecular formula is C19H29NO2. The van der Waals surface area contributed by atoms with Gasteiger partial charge < -0.3 is 5.11 Å². The fourth-order valence-electron chi connectivity index (χ4n) is 3.27. The molecule has 1 aliphatic heterocycles. The van der Waals surface area contributed by atoms with E-state index in [9.17, 15) is 9.90 Å². The monoisotopic (exact) mass is 303 g/mol. The zero-order valence-electron chi connectivity index (χ0n) is 14.1. The Kier molecular flexibility index (Phi) is 6.16. The van der Waals surface area contributed by atoms with Crippen LogP contribution < -0.4 is 0 Å². The second-order valence-corrected chi connectivity index (χ2v) is 7.06. The summed E-state index contributed by atoms with van der Waals surface area (Å²) in [6, 6.07) is 7.93. The largest absolute Gasteiger partial charge is 0.393 e. The fourth-order valence-corrected chi connectivity index (χ4v) is 3.27. The van der Waals surface area contributed by atoms with Crippen molar-refractivity contribution in [1.82, 2.24) is 4.90 Å². The number of rotatable bonds is 6. The molecule has 1 aromatic carbocycles. The Morgan fingerprint density at radius 3 is 2.32 bits per heavy atom. The molecule has 0 radical (unpaired) electrons. The molecule has 1 fully saturated rings. The number of aliphatic hydroxyl groups excluding tert-OH is 1. The SMILES string of the molecule is CC(=O)c1ccc(CN2CCC([C@H](O)CC(C)C)CC2)cc1. The van der Waals surface area contributed by atoms with E-state index in [4.69, 9.17) is 0 Å². The number of piperidine rings is 1. The van der Waals surface area contributed by atoms with E-state index in [-0.39, 0.29) is 11.9 Å². The average molecular weight is 303 g/mol. The van der Waals surface area contributed by atoms with Crippen LogP contribution in [0.25, 0.3) is 0 Å². The Balaban J connectivity index is 1.81. The summed E-state index contributed by atoms with van der Waals surface area (Å²) in [4.78, 5) is 13.7. The van der Waals surface area contributed by atoms with E-state index in [0.29, 0.717) is 11.8 Å². The summed E-state index contributed by atoms with van der Waals surface area (Å²) in [7, 11) is 0. The van der Waals surface area contributed by atoms with E-state index in [1.807, 2.05) is 12.1 Å². The second-order valence-electron chi connectivity index (χ2n) is 7.06. The van der Waals surface area contributed by atoms with E-state index in [0.717, 1.165) is 44.5 Å². The number of hydrogen-bond donors (Lipinski definition) is 1. The number of likely N-dealkylation sites (tertiary alicyclic amines) is 1. The highest BCUT2D eigenvalue weighted by atomic mass is 16.3. The Labute approximate surface area is 134 Å². The number of benzene rings is 1. The van der Waals surface area contributed by atoms with Gasteiger partial charge in [-0.15, -0.1) is 0 Å². The smallest absolute Gasteiger partial charge is 0.159 e. The minimum atomic E-state index is -0.142. The molecule has 3 heteroatoms. The molecule has 1 N–H and O–H groups in total. The molecule has 0 bridgehead atoms. The summed E-state index contributed by atoms with van der Waals surface area (Å²) in [6.45, 7) is 8.97. The first-order valence-electron chi connectivity index (χ1n) is 8.46. The Hall–Kier alpha value is -1.19. The maximum absolute atomic E-state index is 11.3. The lowest BCUT2D eigenvalue weighted by atomic mass is 9.87. The van der Waals surface area contributed by atoms with Gasteiger partial charge in [0.15, 0.2) is 5.78 Å². The first-order chi connectivity index (χ1) is 10.5. The van der Waals surface area contributed by atoms with Gasteiger partial charge in [0, 0.05) is 12.1 Å². The van der Waals surface area contributed by atoms with Gasteiger partial charge in [-0.1, -0.05) is 38.1 Å². The summed E-state index contributed by atoms with van der Waals surface area (Å²) >= 11 is 0. The molecule has 1 aliphatic rings. The van der Waals surface area contributed by atoms with Crippen LogP contribution in [0, 0.1) is 11.8 Å². The lowest BCUT2D eigenvalue weighted by Gasteiger charge is -2.34. The van der Waals surface area contributed by atoms with Gasteiger partial charge in [0.1, 0.15) is 0 Å². The minimum Gasteiger partial charge on any atom is -0.393 e. The van der Waals surface area contributed by atoms with Crippen LogP contribution in [-0.4, -0.2) is 35.0 Å². The van der Waals surface area contributed by atoms with Crippen molar-refractivity contribution < 1.29 is 9.90 Å². The van der Waals surface area contributed by atoms with Gasteiger partial charge in [-0.25, -0.2) is 0 Å². The van der Waals surface area contributed by atoms with Crippen LogP contribution in [0.15, 0.2) is 24.3 Å². The Morgan fingerprint density at radius 2 is 1.82 bits per heavy atom. The fraction of sp³-hybridized carbons (Fsp3) is 0.632. The lowest BCUT2D eigenvalue weighted by Crippen LogP contribution is -2.37. The molecule has 0 unspecified atom stereocenters. The summed E-state index contributed by atoms with van der Waals surface area (Å²) in [5.41, 5.74) is 2.03. The van der Waals surface area contributed by atoms with Gasteiger partial charge >= 0.3 is 0 Å². The zero-order valence-corrected chi connectivity index (χ0v) is 14.1. The topological polar surface area (TPSA) is 40.5 Å². The van der Waals surface area contributed by atoms with E-state index in [1.165, 1.54) is 5.56 Å². The van der Waals surface area contributed by atoms with Crippen molar-refractivity contribution >= 4 is 5.78 Å². The van der Waals surface area contributed by atoms with Crippen molar-refractivity contribution in [2.75, 3.05) is 13.1 Å². The van der Waals surface area contributed by atoms with Crippen molar-refractivity contribution in [2.24, 2.45) is 11.8 Å². The van der Waals surface area contributed by atoms with E-state index >= 15 is 0 Å². The van der Waals surface area contributed by atoms with Crippen LogP contribution in [-0.2, 0) is 6.54 Å². The van der Waals surface area contributed by atoms with Gasteiger partial charge in [-0.05, 0) is 56.7 Å². The Bertz CT molecular complexity index is 473. The van der Waals surface area contributed by atoms with Gasteiger partial charge in [-0.2, -0.15) is 0 Å². The molecule has 1 atom stereocenters. The minimum absolute atomic E-state index is 0.117. The first-order valence-corrected chi connectivity index (χ1v) is 8.46. The molecule has 0 amide bonds. The average Bonchev–Trinajstić information content (AvgIpc) is 2.48. The van der Waals surface area contributed by atoms with E-state index in [2.05, 4.69) is 30.9 Å². The molecule has 3 nitrogen and oxygen atoms in total. The predicted molar refractivity (Wildman–Crippen MR) is 89.9 cm³/mol. The molecule has 2 rings (SSSR count). The number of carbonyl (C=O) groups excluding carboxylic acids is 1. The van der Waals surface area contributed by atoms with Crippen LogP contribution >= 0.6 is 0 Å². The van der Waals surface area contributed by atoms with Crippen LogP contribution in [0.1, 0.15) is 56.0 Å².